The van der Waals surface area contributed by atoms with Crippen molar-refractivity contribution in [1.29, 1.82) is 0 Å². The standard InChI is InChI=1S/C11H17ClN2O/c1-8(6-13)7-14-10-5-9(12)3-4-11(10)15-2/h3-5,8,14H,6-7,13H2,1-2H3. The zero-order valence-electron chi connectivity index (χ0n) is 9.09. The Kier molecular flexibility index (Phi) is 4.72. The number of nitrogens with one attached hydrogen (secondary N) is 1. The van der Waals surface area contributed by atoms with Gasteiger partial charge in [-0.1, -0.05) is 18.5 Å². The molecule has 1 unspecified atom stereocenters. The summed E-state index contributed by atoms with van der Waals surface area (Å²) in [5, 5.41) is 3.96. The van der Waals surface area contributed by atoms with Crippen molar-refractivity contribution >= 4 is 17.3 Å². The maximum atomic E-state index is 5.90. The van der Waals surface area contributed by atoms with E-state index in [1.807, 2.05) is 12.1 Å². The molecule has 0 bridgehead atoms. The molecule has 1 rings (SSSR count). The van der Waals surface area contributed by atoms with Crippen LogP contribution in [-0.4, -0.2) is 20.2 Å². The Hall–Kier alpha value is -0.930. The van der Waals surface area contributed by atoms with Gasteiger partial charge in [-0.2, -0.15) is 0 Å². The summed E-state index contributed by atoms with van der Waals surface area (Å²) < 4.78 is 5.21. The van der Waals surface area contributed by atoms with Crippen molar-refractivity contribution in [1.82, 2.24) is 0 Å². The zero-order chi connectivity index (χ0) is 11.3. The first-order valence-corrected chi connectivity index (χ1v) is 5.32. The Morgan fingerprint density at radius 2 is 2.27 bits per heavy atom. The fourth-order valence-electron chi connectivity index (χ4n) is 1.19. The minimum Gasteiger partial charge on any atom is -0.495 e. The van der Waals surface area contributed by atoms with Crippen LogP contribution in [0.15, 0.2) is 18.2 Å². The van der Waals surface area contributed by atoms with Crippen LogP contribution < -0.4 is 15.8 Å². The van der Waals surface area contributed by atoms with E-state index in [2.05, 4.69) is 12.2 Å². The third-order valence-electron chi connectivity index (χ3n) is 2.20. The second kappa shape index (κ2) is 5.83. The molecule has 4 heteroatoms. The third kappa shape index (κ3) is 3.61. The Morgan fingerprint density at radius 3 is 2.87 bits per heavy atom. The van der Waals surface area contributed by atoms with Crippen LogP contribution in [0.2, 0.25) is 5.02 Å². The maximum absolute atomic E-state index is 5.90. The Labute approximate surface area is 95.6 Å². The largest absolute Gasteiger partial charge is 0.495 e. The summed E-state index contributed by atoms with van der Waals surface area (Å²) in [6, 6.07) is 5.50. The van der Waals surface area contributed by atoms with Crippen LogP contribution in [0.4, 0.5) is 5.69 Å². The monoisotopic (exact) mass is 228 g/mol. The van der Waals surface area contributed by atoms with Gasteiger partial charge in [-0.25, -0.2) is 0 Å². The van der Waals surface area contributed by atoms with Crippen molar-refractivity contribution in [2.45, 2.75) is 6.92 Å². The Morgan fingerprint density at radius 1 is 1.53 bits per heavy atom. The molecule has 1 aromatic carbocycles. The highest BCUT2D eigenvalue weighted by molar-refractivity contribution is 6.30. The topological polar surface area (TPSA) is 47.3 Å². The van der Waals surface area contributed by atoms with Crippen molar-refractivity contribution in [3.05, 3.63) is 23.2 Å². The molecule has 0 amide bonds. The van der Waals surface area contributed by atoms with Gasteiger partial charge in [0.1, 0.15) is 5.75 Å². The molecule has 84 valence electrons. The lowest BCUT2D eigenvalue weighted by atomic mass is 10.2. The van der Waals surface area contributed by atoms with Gasteiger partial charge < -0.3 is 15.8 Å². The summed E-state index contributed by atoms with van der Waals surface area (Å²) in [5.41, 5.74) is 6.45. The van der Waals surface area contributed by atoms with Crippen molar-refractivity contribution < 1.29 is 4.74 Å². The zero-order valence-corrected chi connectivity index (χ0v) is 9.84. The Balaban J connectivity index is 2.69. The van der Waals surface area contributed by atoms with Crippen LogP contribution >= 0.6 is 11.6 Å². The predicted octanol–water partition coefficient (Wildman–Crippen LogP) is 2.36. The van der Waals surface area contributed by atoms with Crippen LogP contribution in [0.5, 0.6) is 5.75 Å². The van der Waals surface area contributed by atoms with Crippen LogP contribution in [0.3, 0.4) is 0 Å². The number of anilines is 1. The van der Waals surface area contributed by atoms with E-state index in [9.17, 15) is 0 Å². The molecule has 3 N–H and O–H groups in total. The normalized spacial score (nSPS) is 12.3. The SMILES string of the molecule is COc1ccc(Cl)cc1NCC(C)CN. The molecular weight excluding hydrogens is 212 g/mol. The van der Waals surface area contributed by atoms with E-state index in [4.69, 9.17) is 22.1 Å². The van der Waals surface area contributed by atoms with Gasteiger partial charge in [0.15, 0.2) is 0 Å². The lowest BCUT2D eigenvalue weighted by Crippen LogP contribution is -2.19. The van der Waals surface area contributed by atoms with Gasteiger partial charge in [-0.3, -0.25) is 0 Å². The van der Waals surface area contributed by atoms with E-state index in [1.165, 1.54) is 0 Å². The smallest absolute Gasteiger partial charge is 0.142 e. The summed E-state index contributed by atoms with van der Waals surface area (Å²) in [7, 11) is 1.64. The molecule has 0 aliphatic carbocycles. The van der Waals surface area contributed by atoms with Crippen molar-refractivity contribution in [3.63, 3.8) is 0 Å². The predicted molar refractivity (Wildman–Crippen MR) is 64.7 cm³/mol. The summed E-state index contributed by atoms with van der Waals surface area (Å²) in [5.74, 6) is 1.22. The lowest BCUT2D eigenvalue weighted by molar-refractivity contribution is 0.416. The molecule has 15 heavy (non-hydrogen) atoms. The molecule has 0 spiro atoms. The van der Waals surface area contributed by atoms with Crippen molar-refractivity contribution in [2.24, 2.45) is 11.7 Å². The van der Waals surface area contributed by atoms with Gasteiger partial charge in [0, 0.05) is 11.6 Å². The molecule has 1 aromatic rings. The van der Waals surface area contributed by atoms with Gasteiger partial charge in [0.25, 0.3) is 0 Å². The average Bonchev–Trinajstić information content (AvgIpc) is 2.26. The molecule has 0 aliphatic rings. The van der Waals surface area contributed by atoms with E-state index in [-0.39, 0.29) is 0 Å². The van der Waals surface area contributed by atoms with Crippen LogP contribution in [-0.2, 0) is 0 Å². The van der Waals surface area contributed by atoms with E-state index in [0.717, 1.165) is 18.0 Å². The minimum absolute atomic E-state index is 0.425. The number of halogens is 1. The molecule has 0 heterocycles. The highest BCUT2D eigenvalue weighted by atomic mass is 35.5. The average molecular weight is 229 g/mol. The number of nitrogens with two attached hydrogens (primary N) is 1. The van der Waals surface area contributed by atoms with Gasteiger partial charge >= 0.3 is 0 Å². The van der Waals surface area contributed by atoms with Gasteiger partial charge in [-0.05, 0) is 30.7 Å². The molecular formula is C11H17ClN2O. The van der Waals surface area contributed by atoms with E-state index >= 15 is 0 Å². The lowest BCUT2D eigenvalue weighted by Gasteiger charge is -2.14. The summed E-state index contributed by atoms with van der Waals surface area (Å²) in [6.45, 7) is 3.56. The van der Waals surface area contributed by atoms with E-state index in [1.54, 1.807) is 13.2 Å². The number of rotatable bonds is 5. The summed E-state index contributed by atoms with van der Waals surface area (Å²) >= 11 is 5.90. The molecule has 0 aromatic heterocycles. The molecule has 0 aliphatic heterocycles. The van der Waals surface area contributed by atoms with Crippen molar-refractivity contribution in [3.8, 4) is 5.75 Å². The first-order chi connectivity index (χ1) is 7.17. The fourth-order valence-corrected chi connectivity index (χ4v) is 1.36. The minimum atomic E-state index is 0.425. The fraction of sp³-hybridized carbons (Fsp3) is 0.455. The van der Waals surface area contributed by atoms with Gasteiger partial charge in [0.2, 0.25) is 0 Å². The molecule has 0 fully saturated rings. The van der Waals surface area contributed by atoms with Crippen LogP contribution in [0, 0.1) is 5.92 Å². The summed E-state index contributed by atoms with van der Waals surface area (Å²) in [4.78, 5) is 0. The number of ether oxygens (including phenoxy) is 1. The quantitative estimate of drug-likeness (QED) is 0.814. The number of hydrogen-bond acceptors (Lipinski definition) is 3. The molecule has 0 radical (unpaired) electrons. The van der Waals surface area contributed by atoms with Crippen molar-refractivity contribution in [2.75, 3.05) is 25.5 Å². The molecule has 1 atom stereocenters. The second-order valence-electron chi connectivity index (χ2n) is 3.57. The third-order valence-corrected chi connectivity index (χ3v) is 2.44. The first kappa shape index (κ1) is 12.1. The molecule has 0 saturated heterocycles. The Bertz CT molecular complexity index is 317. The first-order valence-electron chi connectivity index (χ1n) is 4.95. The second-order valence-corrected chi connectivity index (χ2v) is 4.00. The van der Waals surface area contributed by atoms with Gasteiger partial charge in [-0.15, -0.1) is 0 Å². The van der Waals surface area contributed by atoms with Gasteiger partial charge in [0.05, 0.1) is 12.8 Å². The highest BCUT2D eigenvalue weighted by Crippen LogP contribution is 2.27. The maximum Gasteiger partial charge on any atom is 0.142 e. The molecule has 0 saturated carbocycles. The van der Waals surface area contributed by atoms with Crippen LogP contribution in [0.25, 0.3) is 0 Å². The highest BCUT2D eigenvalue weighted by Gasteiger charge is 2.04. The van der Waals surface area contributed by atoms with Crippen LogP contribution in [0.1, 0.15) is 6.92 Å². The summed E-state index contributed by atoms with van der Waals surface area (Å²) in [6.07, 6.45) is 0. The molecule has 3 nitrogen and oxygen atoms in total. The van der Waals surface area contributed by atoms with E-state index < -0.39 is 0 Å². The number of benzene rings is 1. The number of methoxy groups -OCH3 is 1. The number of hydrogen-bond donors (Lipinski definition) is 2. The van der Waals surface area contributed by atoms with E-state index in [0.29, 0.717) is 17.5 Å².